The molecule has 0 saturated heterocycles. The molecule has 5 nitrogen and oxygen atoms in total. The maximum absolute atomic E-state index is 11.1. The molecule has 1 atom stereocenters. The second kappa shape index (κ2) is 5.88. The molecular weight excluding hydrogens is 260 g/mol. The van der Waals surface area contributed by atoms with Crippen LogP contribution in [0.15, 0.2) is 35.5 Å². The van der Waals surface area contributed by atoms with E-state index in [9.17, 15) is 4.79 Å². The van der Waals surface area contributed by atoms with E-state index in [1.807, 2.05) is 41.9 Å². The van der Waals surface area contributed by atoms with Gasteiger partial charge in [0, 0.05) is 13.5 Å². The van der Waals surface area contributed by atoms with E-state index in [4.69, 9.17) is 5.73 Å². The Balaban J connectivity index is 2.12. The highest BCUT2D eigenvalue weighted by Crippen LogP contribution is 2.21. The number of aromatic nitrogens is 3. The first-order valence-corrected chi connectivity index (χ1v) is 6.84. The Morgan fingerprint density at radius 2 is 2.05 bits per heavy atom. The van der Waals surface area contributed by atoms with Crippen molar-refractivity contribution in [3.8, 4) is 0 Å². The molecule has 6 heteroatoms. The van der Waals surface area contributed by atoms with Crippen LogP contribution in [0.5, 0.6) is 0 Å². The van der Waals surface area contributed by atoms with Gasteiger partial charge in [0.05, 0.1) is 5.25 Å². The van der Waals surface area contributed by atoms with Gasteiger partial charge in [-0.3, -0.25) is 4.79 Å². The van der Waals surface area contributed by atoms with Crippen molar-refractivity contribution in [1.29, 1.82) is 0 Å². The molecule has 1 aromatic heterocycles. The summed E-state index contributed by atoms with van der Waals surface area (Å²) in [5.74, 6) is 0.517. The van der Waals surface area contributed by atoms with Crippen molar-refractivity contribution in [2.75, 3.05) is 0 Å². The number of nitrogens with two attached hydrogens (primary N) is 1. The zero-order valence-corrected chi connectivity index (χ0v) is 11.7. The Labute approximate surface area is 116 Å². The quantitative estimate of drug-likeness (QED) is 0.837. The molecule has 0 fully saturated rings. The summed E-state index contributed by atoms with van der Waals surface area (Å²) < 4.78 is 1.90. The summed E-state index contributed by atoms with van der Waals surface area (Å²) in [6.07, 6.45) is 0.718. The zero-order valence-electron chi connectivity index (χ0n) is 10.9. The molecule has 0 aliphatic heterocycles. The number of rotatable bonds is 5. The lowest BCUT2D eigenvalue weighted by Gasteiger charge is -2.07. The fourth-order valence-electron chi connectivity index (χ4n) is 1.60. The van der Waals surface area contributed by atoms with Crippen LogP contribution in [0.1, 0.15) is 18.3 Å². The molecule has 2 rings (SSSR count). The van der Waals surface area contributed by atoms with Gasteiger partial charge in [-0.1, -0.05) is 42.1 Å². The Hall–Kier alpha value is -1.82. The molecule has 0 bridgehead atoms. The lowest BCUT2D eigenvalue weighted by Crippen LogP contribution is -2.23. The minimum atomic E-state index is -0.349. The summed E-state index contributed by atoms with van der Waals surface area (Å²) in [5, 5.41) is 8.66. The number of amides is 1. The highest BCUT2D eigenvalue weighted by Gasteiger charge is 2.16. The Morgan fingerprint density at radius 3 is 2.68 bits per heavy atom. The van der Waals surface area contributed by atoms with Gasteiger partial charge in [-0.15, -0.1) is 10.2 Å². The molecule has 2 N–H and O–H groups in total. The predicted octanol–water partition coefficient (Wildman–Crippen LogP) is 1.37. The molecule has 0 saturated carbocycles. The van der Waals surface area contributed by atoms with Gasteiger partial charge in [0.1, 0.15) is 5.82 Å². The molecule has 19 heavy (non-hydrogen) atoms. The topological polar surface area (TPSA) is 73.8 Å². The molecule has 1 amide bonds. The van der Waals surface area contributed by atoms with Gasteiger partial charge in [0.25, 0.3) is 0 Å². The lowest BCUT2D eigenvalue weighted by molar-refractivity contribution is -0.117. The predicted molar refractivity (Wildman–Crippen MR) is 74.8 cm³/mol. The van der Waals surface area contributed by atoms with Gasteiger partial charge < -0.3 is 10.3 Å². The van der Waals surface area contributed by atoms with E-state index >= 15 is 0 Å². The maximum atomic E-state index is 11.1. The van der Waals surface area contributed by atoms with Crippen LogP contribution in [-0.2, 0) is 18.3 Å². The van der Waals surface area contributed by atoms with Crippen molar-refractivity contribution in [2.45, 2.75) is 23.8 Å². The normalized spacial score (nSPS) is 12.3. The highest BCUT2D eigenvalue weighted by atomic mass is 32.2. The number of hydrogen-bond donors (Lipinski definition) is 1. The van der Waals surface area contributed by atoms with Gasteiger partial charge in [0.15, 0.2) is 5.16 Å². The van der Waals surface area contributed by atoms with Crippen molar-refractivity contribution in [3.05, 3.63) is 41.7 Å². The molecule has 0 unspecified atom stereocenters. The standard InChI is InChI=1S/C13H16N4OS/c1-9(12(14)18)19-13-16-15-11(17(13)2)8-10-6-4-3-5-7-10/h3-7,9H,8H2,1-2H3,(H2,14,18)/t9-/m0/s1. The minimum Gasteiger partial charge on any atom is -0.369 e. The van der Waals surface area contributed by atoms with Crippen molar-refractivity contribution in [1.82, 2.24) is 14.8 Å². The Kier molecular flexibility index (Phi) is 4.21. The average molecular weight is 276 g/mol. The summed E-state index contributed by atoms with van der Waals surface area (Å²) in [7, 11) is 1.90. The summed E-state index contributed by atoms with van der Waals surface area (Å²) in [6.45, 7) is 1.76. The van der Waals surface area contributed by atoms with E-state index in [1.54, 1.807) is 6.92 Å². The van der Waals surface area contributed by atoms with Crippen molar-refractivity contribution < 1.29 is 4.79 Å². The van der Waals surface area contributed by atoms with Crippen LogP contribution >= 0.6 is 11.8 Å². The maximum Gasteiger partial charge on any atom is 0.230 e. The molecule has 0 aliphatic carbocycles. The van der Waals surface area contributed by atoms with E-state index in [0.717, 1.165) is 12.2 Å². The fraction of sp³-hybridized carbons (Fsp3) is 0.308. The van der Waals surface area contributed by atoms with Crippen LogP contribution in [0.25, 0.3) is 0 Å². The summed E-state index contributed by atoms with van der Waals surface area (Å²) in [4.78, 5) is 11.1. The molecule has 2 aromatic rings. The lowest BCUT2D eigenvalue weighted by atomic mass is 10.1. The Morgan fingerprint density at radius 1 is 1.37 bits per heavy atom. The van der Waals surface area contributed by atoms with E-state index < -0.39 is 0 Å². The van der Waals surface area contributed by atoms with Crippen molar-refractivity contribution in [3.63, 3.8) is 0 Å². The molecule has 0 radical (unpaired) electrons. The summed E-state index contributed by atoms with van der Waals surface area (Å²) >= 11 is 1.32. The largest absolute Gasteiger partial charge is 0.369 e. The van der Waals surface area contributed by atoms with Crippen LogP contribution in [0, 0.1) is 0 Å². The molecule has 1 heterocycles. The van der Waals surface area contributed by atoms with Crippen molar-refractivity contribution in [2.24, 2.45) is 12.8 Å². The highest BCUT2D eigenvalue weighted by molar-refractivity contribution is 8.00. The number of carbonyl (C=O) groups is 1. The number of benzene rings is 1. The molecule has 100 valence electrons. The molecule has 1 aromatic carbocycles. The number of primary amides is 1. The number of thioether (sulfide) groups is 1. The molecular formula is C13H16N4OS. The summed E-state index contributed by atoms with van der Waals surface area (Å²) in [6, 6.07) is 10.1. The third-order valence-corrected chi connectivity index (χ3v) is 3.97. The van der Waals surface area contributed by atoms with Crippen molar-refractivity contribution >= 4 is 17.7 Å². The van der Waals surface area contributed by atoms with E-state index in [1.165, 1.54) is 17.3 Å². The molecule has 0 aliphatic rings. The first kappa shape index (κ1) is 13.6. The number of nitrogens with zero attached hydrogens (tertiary/aromatic N) is 3. The number of hydrogen-bond acceptors (Lipinski definition) is 4. The number of carbonyl (C=O) groups excluding carboxylic acids is 1. The van der Waals surface area contributed by atoms with Crippen LogP contribution in [-0.4, -0.2) is 25.9 Å². The van der Waals surface area contributed by atoms with Crippen LogP contribution in [0.4, 0.5) is 0 Å². The fourth-order valence-corrected chi connectivity index (χ4v) is 2.38. The zero-order chi connectivity index (χ0) is 13.8. The molecule has 0 spiro atoms. The smallest absolute Gasteiger partial charge is 0.230 e. The van der Waals surface area contributed by atoms with Crippen LogP contribution in [0.3, 0.4) is 0 Å². The van der Waals surface area contributed by atoms with E-state index in [2.05, 4.69) is 10.2 Å². The SMILES string of the molecule is C[C@H](Sc1nnc(Cc2ccccc2)n1C)C(N)=O. The third-order valence-electron chi connectivity index (χ3n) is 2.81. The second-order valence-corrected chi connectivity index (χ2v) is 5.59. The van der Waals surface area contributed by atoms with Gasteiger partial charge in [-0.25, -0.2) is 0 Å². The second-order valence-electron chi connectivity index (χ2n) is 4.28. The minimum absolute atomic E-state index is 0.313. The van der Waals surface area contributed by atoms with Crippen LogP contribution in [0.2, 0.25) is 0 Å². The first-order chi connectivity index (χ1) is 9.08. The van der Waals surface area contributed by atoms with Gasteiger partial charge >= 0.3 is 0 Å². The monoisotopic (exact) mass is 276 g/mol. The van der Waals surface area contributed by atoms with E-state index in [-0.39, 0.29) is 11.2 Å². The van der Waals surface area contributed by atoms with Gasteiger partial charge in [-0.2, -0.15) is 0 Å². The van der Waals surface area contributed by atoms with Crippen LogP contribution < -0.4 is 5.73 Å². The summed E-state index contributed by atoms with van der Waals surface area (Å²) in [5.41, 5.74) is 6.43. The third kappa shape index (κ3) is 3.35. The first-order valence-electron chi connectivity index (χ1n) is 5.96. The average Bonchev–Trinajstić information content (AvgIpc) is 2.73. The van der Waals surface area contributed by atoms with Gasteiger partial charge in [-0.05, 0) is 12.5 Å². The van der Waals surface area contributed by atoms with E-state index in [0.29, 0.717) is 5.16 Å². The Bertz CT molecular complexity index is 567. The van der Waals surface area contributed by atoms with Gasteiger partial charge in [0.2, 0.25) is 5.91 Å².